The third-order valence-electron chi connectivity index (χ3n) is 4.59. The molecule has 0 heterocycles. The van der Waals surface area contributed by atoms with Gasteiger partial charge < -0.3 is 10.4 Å². The molecule has 0 amide bonds. The van der Waals surface area contributed by atoms with Gasteiger partial charge in [0, 0.05) is 13.1 Å². The van der Waals surface area contributed by atoms with Gasteiger partial charge in [0.2, 0.25) is 0 Å². The lowest BCUT2D eigenvalue weighted by Crippen LogP contribution is -2.43. The summed E-state index contributed by atoms with van der Waals surface area (Å²) in [6.45, 7) is 7.77. The molecule has 0 unspecified atom stereocenters. The van der Waals surface area contributed by atoms with Crippen LogP contribution in [0, 0.1) is 5.92 Å². The zero-order valence-corrected chi connectivity index (χ0v) is 12.6. The highest BCUT2D eigenvalue weighted by Gasteiger charge is 2.32. The summed E-state index contributed by atoms with van der Waals surface area (Å²) in [5, 5.41) is 14.0. The van der Waals surface area contributed by atoms with E-state index in [1.165, 1.54) is 12.0 Å². The van der Waals surface area contributed by atoms with E-state index in [0.29, 0.717) is 6.54 Å². The van der Waals surface area contributed by atoms with Gasteiger partial charge in [-0.1, -0.05) is 50.3 Å². The molecule has 0 saturated heterocycles. The Morgan fingerprint density at radius 1 is 1.30 bits per heavy atom. The maximum absolute atomic E-state index is 10.6. The van der Waals surface area contributed by atoms with E-state index in [2.05, 4.69) is 31.0 Å². The van der Waals surface area contributed by atoms with Crippen LogP contribution in [-0.2, 0) is 0 Å². The van der Waals surface area contributed by atoms with Gasteiger partial charge in [-0.2, -0.15) is 0 Å². The van der Waals surface area contributed by atoms with Crippen LogP contribution in [0.25, 0.3) is 5.57 Å². The smallest absolute Gasteiger partial charge is 0.0771 e. The Labute approximate surface area is 122 Å². The molecule has 110 valence electrons. The molecule has 20 heavy (non-hydrogen) atoms. The number of nitrogens with one attached hydrogen (secondary N) is 1. The van der Waals surface area contributed by atoms with Gasteiger partial charge in [-0.05, 0) is 42.7 Å². The minimum atomic E-state index is -0.511. The van der Waals surface area contributed by atoms with Crippen LogP contribution in [0.3, 0.4) is 0 Å². The minimum absolute atomic E-state index is 0.511. The van der Waals surface area contributed by atoms with Gasteiger partial charge in [0.25, 0.3) is 0 Å². The van der Waals surface area contributed by atoms with E-state index in [0.717, 1.165) is 43.7 Å². The van der Waals surface area contributed by atoms with E-state index in [1.807, 2.05) is 18.2 Å². The first kappa shape index (κ1) is 15.3. The second kappa shape index (κ2) is 7.05. The van der Waals surface area contributed by atoms with Crippen LogP contribution in [-0.4, -0.2) is 23.8 Å². The molecule has 2 N–H and O–H groups in total. The highest BCUT2D eigenvalue weighted by Crippen LogP contribution is 2.33. The Morgan fingerprint density at radius 3 is 2.55 bits per heavy atom. The first-order valence-corrected chi connectivity index (χ1v) is 7.79. The van der Waals surface area contributed by atoms with Crippen LogP contribution in [0.1, 0.15) is 44.6 Å². The summed E-state index contributed by atoms with van der Waals surface area (Å²) in [5.41, 5.74) is 1.74. The molecule has 1 aliphatic rings. The van der Waals surface area contributed by atoms with Crippen molar-refractivity contribution in [3.63, 3.8) is 0 Å². The third kappa shape index (κ3) is 4.19. The Bertz CT molecular complexity index is 418. The van der Waals surface area contributed by atoms with Crippen molar-refractivity contribution in [3.05, 3.63) is 42.5 Å². The van der Waals surface area contributed by atoms with E-state index in [9.17, 15) is 5.11 Å². The molecule has 1 saturated carbocycles. The molecular formula is C18H27NO. The topological polar surface area (TPSA) is 32.3 Å². The highest BCUT2D eigenvalue weighted by molar-refractivity contribution is 5.64. The third-order valence-corrected chi connectivity index (χ3v) is 4.59. The SMILES string of the molecule is C=C(CNCC1(O)CCC(CC)CC1)c1ccccc1. The van der Waals surface area contributed by atoms with Gasteiger partial charge in [0.1, 0.15) is 0 Å². The quantitative estimate of drug-likeness (QED) is 0.829. The zero-order chi connectivity index (χ0) is 14.4. The van der Waals surface area contributed by atoms with Gasteiger partial charge >= 0.3 is 0 Å². The molecule has 1 aliphatic carbocycles. The maximum Gasteiger partial charge on any atom is 0.0771 e. The predicted octanol–water partition coefficient (Wildman–Crippen LogP) is 3.62. The lowest BCUT2D eigenvalue weighted by Gasteiger charge is -2.36. The van der Waals surface area contributed by atoms with Crippen molar-refractivity contribution in [2.24, 2.45) is 5.92 Å². The molecule has 0 radical (unpaired) electrons. The number of benzene rings is 1. The van der Waals surface area contributed by atoms with E-state index in [4.69, 9.17) is 0 Å². The van der Waals surface area contributed by atoms with Crippen LogP contribution < -0.4 is 5.32 Å². The van der Waals surface area contributed by atoms with Crippen LogP contribution in [0.5, 0.6) is 0 Å². The van der Waals surface area contributed by atoms with Crippen molar-refractivity contribution >= 4 is 5.57 Å². The summed E-state index contributed by atoms with van der Waals surface area (Å²) < 4.78 is 0. The molecule has 1 aromatic rings. The minimum Gasteiger partial charge on any atom is -0.389 e. The van der Waals surface area contributed by atoms with Crippen LogP contribution in [0.2, 0.25) is 0 Å². The average molecular weight is 273 g/mol. The summed E-state index contributed by atoms with van der Waals surface area (Å²) >= 11 is 0. The lowest BCUT2D eigenvalue weighted by molar-refractivity contribution is -0.00772. The van der Waals surface area contributed by atoms with E-state index < -0.39 is 5.60 Å². The maximum atomic E-state index is 10.6. The predicted molar refractivity (Wildman–Crippen MR) is 85.5 cm³/mol. The molecule has 2 nitrogen and oxygen atoms in total. The number of aliphatic hydroxyl groups is 1. The molecule has 0 aromatic heterocycles. The summed E-state index contributed by atoms with van der Waals surface area (Å²) in [6, 6.07) is 10.2. The van der Waals surface area contributed by atoms with Gasteiger partial charge in [-0.15, -0.1) is 0 Å². The summed E-state index contributed by atoms with van der Waals surface area (Å²) in [6.07, 6.45) is 5.42. The molecule has 0 bridgehead atoms. The van der Waals surface area contributed by atoms with E-state index in [1.54, 1.807) is 0 Å². The van der Waals surface area contributed by atoms with Crippen LogP contribution >= 0.6 is 0 Å². The monoisotopic (exact) mass is 273 g/mol. The van der Waals surface area contributed by atoms with Crippen molar-refractivity contribution in [3.8, 4) is 0 Å². The van der Waals surface area contributed by atoms with Crippen molar-refractivity contribution in [2.45, 2.75) is 44.6 Å². The number of hydrogen-bond acceptors (Lipinski definition) is 2. The molecule has 0 atom stereocenters. The summed E-state index contributed by atoms with van der Waals surface area (Å²) in [4.78, 5) is 0. The Hall–Kier alpha value is -1.12. The van der Waals surface area contributed by atoms with Gasteiger partial charge in [0.15, 0.2) is 0 Å². The molecule has 1 aromatic carbocycles. The molecule has 1 fully saturated rings. The Morgan fingerprint density at radius 2 is 1.95 bits per heavy atom. The first-order valence-electron chi connectivity index (χ1n) is 7.79. The summed E-state index contributed by atoms with van der Waals surface area (Å²) in [5.74, 6) is 0.814. The normalized spacial score (nSPS) is 26.4. The zero-order valence-electron chi connectivity index (χ0n) is 12.6. The fourth-order valence-electron chi connectivity index (χ4n) is 3.02. The van der Waals surface area contributed by atoms with Gasteiger partial charge in [-0.3, -0.25) is 0 Å². The molecular weight excluding hydrogens is 246 g/mol. The Kier molecular flexibility index (Phi) is 5.38. The summed E-state index contributed by atoms with van der Waals surface area (Å²) in [7, 11) is 0. The van der Waals surface area contributed by atoms with E-state index >= 15 is 0 Å². The van der Waals surface area contributed by atoms with Crippen LogP contribution in [0.15, 0.2) is 36.9 Å². The van der Waals surface area contributed by atoms with Crippen molar-refractivity contribution in [1.82, 2.24) is 5.32 Å². The number of rotatable bonds is 6. The molecule has 0 spiro atoms. The second-order valence-electron chi connectivity index (χ2n) is 6.15. The largest absolute Gasteiger partial charge is 0.389 e. The van der Waals surface area contributed by atoms with Crippen molar-refractivity contribution < 1.29 is 5.11 Å². The standard InChI is InChI=1S/C18H27NO/c1-3-16-9-11-18(20,12-10-16)14-19-13-15(2)17-7-5-4-6-8-17/h4-8,16,19-20H,2-3,9-14H2,1H3. The molecule has 2 rings (SSSR count). The number of hydrogen-bond donors (Lipinski definition) is 2. The fraction of sp³-hybridized carbons (Fsp3) is 0.556. The molecule has 0 aliphatic heterocycles. The second-order valence-corrected chi connectivity index (χ2v) is 6.15. The highest BCUT2D eigenvalue weighted by atomic mass is 16.3. The molecule has 2 heteroatoms. The van der Waals surface area contributed by atoms with Gasteiger partial charge in [0.05, 0.1) is 5.60 Å². The Balaban J connectivity index is 1.74. The average Bonchev–Trinajstić information content (AvgIpc) is 2.49. The first-order chi connectivity index (χ1) is 9.63. The van der Waals surface area contributed by atoms with Crippen molar-refractivity contribution in [2.75, 3.05) is 13.1 Å². The van der Waals surface area contributed by atoms with E-state index in [-0.39, 0.29) is 0 Å². The van der Waals surface area contributed by atoms with Crippen molar-refractivity contribution in [1.29, 1.82) is 0 Å². The lowest BCUT2D eigenvalue weighted by atomic mass is 9.78. The van der Waals surface area contributed by atoms with Crippen LogP contribution in [0.4, 0.5) is 0 Å². The fourth-order valence-corrected chi connectivity index (χ4v) is 3.02. The van der Waals surface area contributed by atoms with Gasteiger partial charge in [-0.25, -0.2) is 0 Å².